The molecule has 2 aliphatic heterocycles. The molecule has 2 N–H and O–H groups in total. The molecule has 1 amide bonds. The number of hydrogen-bond acceptors (Lipinski definition) is 11. The molecule has 1 saturated heterocycles. The van der Waals surface area contributed by atoms with Crippen molar-refractivity contribution in [2.45, 2.75) is 20.3 Å². The second-order valence-corrected chi connectivity index (χ2v) is 9.69. The van der Waals surface area contributed by atoms with Crippen molar-refractivity contribution in [2.24, 2.45) is 0 Å². The van der Waals surface area contributed by atoms with Gasteiger partial charge in [0.15, 0.2) is 0 Å². The van der Waals surface area contributed by atoms with Crippen LogP contribution in [0.1, 0.15) is 29.9 Å². The molecule has 0 unspecified atom stereocenters. The molecule has 0 atom stereocenters. The Kier molecular flexibility index (Phi) is 8.13. The van der Waals surface area contributed by atoms with Crippen LogP contribution in [0.5, 0.6) is 0 Å². The summed E-state index contributed by atoms with van der Waals surface area (Å²) in [5, 5.41) is 0. The second-order valence-electron chi connectivity index (χ2n) is 9.69. The molecule has 0 spiro atoms. The molecule has 0 bridgehead atoms. The maximum atomic E-state index is 13.4. The zero-order valence-electron chi connectivity index (χ0n) is 22.9. The van der Waals surface area contributed by atoms with E-state index in [4.69, 9.17) is 20.4 Å². The highest BCUT2D eigenvalue weighted by atomic mass is 16.5. The number of aromatic nitrogens is 5. The zero-order chi connectivity index (χ0) is 27.4. The number of amides is 1. The van der Waals surface area contributed by atoms with E-state index in [-0.39, 0.29) is 11.9 Å². The molecule has 0 radical (unpaired) electrons. The van der Waals surface area contributed by atoms with Crippen molar-refractivity contribution in [2.75, 3.05) is 81.6 Å². The third kappa shape index (κ3) is 5.76. The molecule has 12 heteroatoms. The highest BCUT2D eigenvalue weighted by Crippen LogP contribution is 2.39. The fourth-order valence-electron chi connectivity index (χ4n) is 4.82. The Bertz CT molecular complexity index is 1300. The number of nitrogen functional groups attached to an aromatic ring is 1. The molecule has 0 aromatic carbocycles. The van der Waals surface area contributed by atoms with E-state index >= 15 is 0 Å². The Labute approximate surface area is 228 Å². The number of anilines is 4. The summed E-state index contributed by atoms with van der Waals surface area (Å²) in [6.07, 6.45) is 5.85. The Balaban J connectivity index is 1.49. The summed E-state index contributed by atoms with van der Waals surface area (Å²) in [5.41, 5.74) is 9.66. The van der Waals surface area contributed by atoms with Crippen LogP contribution in [0.25, 0.3) is 11.3 Å². The lowest BCUT2D eigenvalue weighted by atomic mass is 10.1. The molecule has 39 heavy (non-hydrogen) atoms. The first-order chi connectivity index (χ1) is 19.0. The molecule has 5 heterocycles. The van der Waals surface area contributed by atoms with Gasteiger partial charge in [-0.25, -0.2) is 15.0 Å². The number of carbonyl (C=O) groups is 1. The van der Waals surface area contributed by atoms with Crippen LogP contribution in [0.4, 0.5) is 23.4 Å². The van der Waals surface area contributed by atoms with E-state index in [0.717, 1.165) is 47.8 Å². The maximum absolute atomic E-state index is 13.4. The molecule has 2 aliphatic rings. The maximum Gasteiger partial charge on any atom is 0.272 e. The van der Waals surface area contributed by atoms with Gasteiger partial charge >= 0.3 is 0 Å². The highest BCUT2D eigenvalue weighted by molar-refractivity contribution is 5.93. The number of nitrogens with two attached hydrogens (primary N) is 1. The van der Waals surface area contributed by atoms with Crippen LogP contribution >= 0.6 is 0 Å². The van der Waals surface area contributed by atoms with E-state index in [1.54, 1.807) is 18.6 Å². The number of hydrogen-bond donors (Lipinski definition) is 1. The van der Waals surface area contributed by atoms with Crippen molar-refractivity contribution < 1.29 is 9.53 Å². The quantitative estimate of drug-likeness (QED) is 0.433. The SMILES string of the molecule is CCN(C)CCN(CC)C(=O)c1cc(N2CCc3c(-c4cnc(N)nc4)nc(N4CCOCC4)nc32)ccn1. The molecular formula is C27H36N10O2. The summed E-state index contributed by atoms with van der Waals surface area (Å²) in [6, 6.07) is 3.79. The minimum absolute atomic E-state index is 0.0697. The summed E-state index contributed by atoms with van der Waals surface area (Å²) in [7, 11) is 2.06. The van der Waals surface area contributed by atoms with Crippen molar-refractivity contribution in [1.29, 1.82) is 0 Å². The lowest BCUT2D eigenvalue weighted by Gasteiger charge is -2.28. The average molecular weight is 533 g/mol. The van der Waals surface area contributed by atoms with Crippen molar-refractivity contribution in [3.8, 4) is 11.3 Å². The number of nitrogens with zero attached hydrogens (tertiary/aromatic N) is 9. The van der Waals surface area contributed by atoms with Crippen LogP contribution in [0.2, 0.25) is 0 Å². The Morgan fingerprint density at radius 3 is 2.54 bits per heavy atom. The van der Waals surface area contributed by atoms with Crippen molar-refractivity contribution >= 4 is 29.3 Å². The normalized spacial score (nSPS) is 15.1. The van der Waals surface area contributed by atoms with Crippen LogP contribution in [-0.2, 0) is 11.2 Å². The monoisotopic (exact) mass is 532 g/mol. The van der Waals surface area contributed by atoms with Crippen LogP contribution in [0.3, 0.4) is 0 Å². The van der Waals surface area contributed by atoms with Gasteiger partial charge in [0, 0.05) is 74.7 Å². The van der Waals surface area contributed by atoms with Gasteiger partial charge in [-0.05, 0) is 39.1 Å². The summed E-state index contributed by atoms with van der Waals surface area (Å²) in [4.78, 5) is 44.5. The highest BCUT2D eigenvalue weighted by Gasteiger charge is 2.30. The number of likely N-dealkylation sites (N-methyl/N-ethyl adjacent to an activating group) is 2. The molecule has 206 valence electrons. The first kappa shape index (κ1) is 26.7. The van der Waals surface area contributed by atoms with Gasteiger partial charge in [0.05, 0.1) is 18.9 Å². The molecule has 3 aromatic heterocycles. The lowest BCUT2D eigenvalue weighted by Crippen LogP contribution is -2.38. The van der Waals surface area contributed by atoms with E-state index in [1.165, 1.54) is 0 Å². The largest absolute Gasteiger partial charge is 0.378 e. The van der Waals surface area contributed by atoms with Crippen molar-refractivity contribution in [3.63, 3.8) is 0 Å². The number of morpholine rings is 1. The lowest BCUT2D eigenvalue weighted by molar-refractivity contribution is 0.0745. The first-order valence-corrected chi connectivity index (χ1v) is 13.5. The van der Waals surface area contributed by atoms with Crippen LogP contribution in [0, 0.1) is 0 Å². The number of carbonyl (C=O) groups excluding carboxylic acids is 1. The third-order valence-electron chi connectivity index (χ3n) is 7.29. The minimum atomic E-state index is -0.0697. The minimum Gasteiger partial charge on any atom is -0.378 e. The summed E-state index contributed by atoms with van der Waals surface area (Å²) in [5.74, 6) is 1.61. The standard InChI is InChI=1S/C27H36N10O2/c1-4-34(3)10-11-35(5-2)25(38)22-16-20(6-8-29-22)37-9-7-21-23(19-17-30-26(28)31-18-19)32-27(33-24(21)37)36-12-14-39-15-13-36/h6,8,16-18H,4-5,7,9-15H2,1-3H3,(H2,28,30,31). The van der Waals surface area contributed by atoms with Crippen LogP contribution in [0.15, 0.2) is 30.7 Å². The van der Waals surface area contributed by atoms with E-state index in [9.17, 15) is 4.79 Å². The van der Waals surface area contributed by atoms with E-state index in [1.807, 2.05) is 24.0 Å². The number of fused-ring (bicyclic) bond motifs is 1. The Hall–Kier alpha value is -3.90. The fraction of sp³-hybridized carbons (Fsp3) is 0.481. The van der Waals surface area contributed by atoms with Crippen LogP contribution < -0.4 is 15.5 Å². The summed E-state index contributed by atoms with van der Waals surface area (Å²) < 4.78 is 5.55. The molecule has 1 fully saturated rings. The molecule has 5 rings (SSSR count). The predicted octanol–water partition coefficient (Wildman–Crippen LogP) is 1.86. The summed E-state index contributed by atoms with van der Waals surface area (Å²) >= 11 is 0. The summed E-state index contributed by atoms with van der Waals surface area (Å²) in [6.45, 7) is 10.5. The van der Waals surface area contributed by atoms with Gasteiger partial charge in [-0.2, -0.15) is 4.98 Å². The van der Waals surface area contributed by atoms with Gasteiger partial charge in [-0.1, -0.05) is 6.92 Å². The Morgan fingerprint density at radius 1 is 1.05 bits per heavy atom. The predicted molar refractivity (Wildman–Crippen MR) is 150 cm³/mol. The topological polar surface area (TPSA) is 130 Å². The molecule has 3 aromatic rings. The van der Waals surface area contributed by atoms with Gasteiger partial charge in [-0.15, -0.1) is 0 Å². The van der Waals surface area contributed by atoms with Gasteiger partial charge in [0.2, 0.25) is 11.9 Å². The van der Waals surface area contributed by atoms with Crippen molar-refractivity contribution in [3.05, 3.63) is 42.0 Å². The van der Waals surface area contributed by atoms with Crippen molar-refractivity contribution in [1.82, 2.24) is 34.7 Å². The number of ether oxygens (including phenoxy) is 1. The van der Waals surface area contributed by atoms with E-state index in [2.05, 4.69) is 43.6 Å². The number of pyridine rings is 1. The number of rotatable bonds is 9. The first-order valence-electron chi connectivity index (χ1n) is 13.5. The molecular weight excluding hydrogens is 496 g/mol. The van der Waals surface area contributed by atoms with Gasteiger partial charge in [0.25, 0.3) is 5.91 Å². The average Bonchev–Trinajstić information content (AvgIpc) is 3.42. The zero-order valence-corrected chi connectivity index (χ0v) is 22.9. The molecule has 0 saturated carbocycles. The van der Waals surface area contributed by atoms with Gasteiger partial charge < -0.3 is 30.1 Å². The smallest absolute Gasteiger partial charge is 0.272 e. The van der Waals surface area contributed by atoms with Gasteiger partial charge in [-0.3, -0.25) is 9.78 Å². The van der Waals surface area contributed by atoms with E-state index in [0.29, 0.717) is 57.6 Å². The Morgan fingerprint density at radius 2 is 1.82 bits per heavy atom. The fourth-order valence-corrected chi connectivity index (χ4v) is 4.82. The molecule has 0 aliphatic carbocycles. The van der Waals surface area contributed by atoms with E-state index < -0.39 is 0 Å². The third-order valence-corrected chi connectivity index (χ3v) is 7.29. The second kappa shape index (κ2) is 11.9. The van der Waals surface area contributed by atoms with Crippen LogP contribution in [-0.4, -0.2) is 107 Å². The van der Waals surface area contributed by atoms with Gasteiger partial charge in [0.1, 0.15) is 11.5 Å². The molecule has 12 nitrogen and oxygen atoms in total.